The topological polar surface area (TPSA) is 50.9 Å². The molecule has 19 heavy (non-hydrogen) atoms. The molecule has 0 aliphatic rings. The number of hydrogen-bond acceptors (Lipinski definition) is 3. The third-order valence-electron chi connectivity index (χ3n) is 3.49. The van der Waals surface area contributed by atoms with Crippen molar-refractivity contribution >= 4 is 5.82 Å². The monoisotopic (exact) mass is 263 g/mol. The van der Waals surface area contributed by atoms with E-state index in [2.05, 4.69) is 44.1 Å². The van der Waals surface area contributed by atoms with Crippen LogP contribution < -0.4 is 11.1 Å². The molecule has 1 rings (SSSR count). The Hall–Kier alpha value is -1.09. The molecular formula is C16H29N3. The molecule has 0 aliphatic heterocycles. The van der Waals surface area contributed by atoms with E-state index in [0.29, 0.717) is 17.3 Å². The number of rotatable bonds is 7. The second-order valence-corrected chi connectivity index (χ2v) is 6.35. The van der Waals surface area contributed by atoms with Gasteiger partial charge >= 0.3 is 0 Å². The molecule has 1 unspecified atom stereocenters. The lowest BCUT2D eigenvalue weighted by molar-refractivity contribution is 0.251. The lowest BCUT2D eigenvalue weighted by atomic mass is 9.83. The van der Waals surface area contributed by atoms with Crippen LogP contribution in [-0.2, 0) is 6.42 Å². The van der Waals surface area contributed by atoms with Gasteiger partial charge in [-0.15, -0.1) is 0 Å². The van der Waals surface area contributed by atoms with E-state index in [9.17, 15) is 0 Å². The van der Waals surface area contributed by atoms with Gasteiger partial charge in [-0.3, -0.25) is 0 Å². The Morgan fingerprint density at radius 3 is 2.68 bits per heavy atom. The standard InChI is InChI=1S/C16H29N3/c1-5-10-18-14(16(2,3)4)8-6-7-13-9-11-19-15(17)12-13/h9,11-12,14,18H,5-8,10H2,1-4H3,(H2,17,19). The molecule has 3 nitrogen and oxygen atoms in total. The van der Waals surface area contributed by atoms with E-state index >= 15 is 0 Å². The summed E-state index contributed by atoms with van der Waals surface area (Å²) in [6, 6.07) is 4.61. The fraction of sp³-hybridized carbons (Fsp3) is 0.688. The molecule has 0 fully saturated rings. The van der Waals surface area contributed by atoms with Gasteiger partial charge in [0.25, 0.3) is 0 Å². The minimum Gasteiger partial charge on any atom is -0.384 e. The zero-order valence-corrected chi connectivity index (χ0v) is 12.9. The molecule has 1 aromatic rings. The van der Waals surface area contributed by atoms with Crippen LogP contribution in [-0.4, -0.2) is 17.6 Å². The molecule has 0 aliphatic carbocycles. The highest BCUT2D eigenvalue weighted by Crippen LogP contribution is 2.23. The molecule has 0 bridgehead atoms. The van der Waals surface area contributed by atoms with Crippen molar-refractivity contribution in [2.45, 2.75) is 59.4 Å². The molecule has 0 spiro atoms. The largest absolute Gasteiger partial charge is 0.384 e. The molecule has 0 saturated carbocycles. The number of hydrogen-bond donors (Lipinski definition) is 2. The predicted octanol–water partition coefficient (Wildman–Crippen LogP) is 3.40. The Morgan fingerprint density at radius 1 is 1.37 bits per heavy atom. The molecule has 1 aromatic heterocycles. The number of nitrogens with one attached hydrogen (secondary N) is 1. The fourth-order valence-corrected chi connectivity index (χ4v) is 2.32. The quantitative estimate of drug-likeness (QED) is 0.792. The van der Waals surface area contributed by atoms with E-state index < -0.39 is 0 Å². The van der Waals surface area contributed by atoms with Gasteiger partial charge in [0.05, 0.1) is 0 Å². The summed E-state index contributed by atoms with van der Waals surface area (Å²) in [6.07, 6.45) is 6.44. The van der Waals surface area contributed by atoms with E-state index in [0.717, 1.165) is 13.0 Å². The highest BCUT2D eigenvalue weighted by atomic mass is 14.9. The molecular weight excluding hydrogens is 234 g/mol. The Kier molecular flexibility index (Phi) is 6.29. The molecule has 0 saturated heterocycles. The SMILES string of the molecule is CCCNC(CCCc1ccnc(N)c1)C(C)(C)C. The van der Waals surface area contributed by atoms with Gasteiger partial charge in [0, 0.05) is 12.2 Å². The van der Waals surface area contributed by atoms with Crippen molar-refractivity contribution in [1.82, 2.24) is 10.3 Å². The first-order valence-corrected chi connectivity index (χ1v) is 7.37. The minimum absolute atomic E-state index is 0.312. The van der Waals surface area contributed by atoms with Crippen molar-refractivity contribution in [2.75, 3.05) is 12.3 Å². The van der Waals surface area contributed by atoms with Crippen molar-refractivity contribution in [3.63, 3.8) is 0 Å². The number of aromatic nitrogens is 1. The summed E-state index contributed by atoms with van der Waals surface area (Å²) in [7, 11) is 0. The summed E-state index contributed by atoms with van der Waals surface area (Å²) in [5.74, 6) is 0.619. The summed E-state index contributed by atoms with van der Waals surface area (Å²) in [5, 5.41) is 3.67. The van der Waals surface area contributed by atoms with Crippen molar-refractivity contribution < 1.29 is 0 Å². The lowest BCUT2D eigenvalue weighted by Gasteiger charge is -2.32. The van der Waals surface area contributed by atoms with Crippen LogP contribution in [0.4, 0.5) is 5.82 Å². The first-order valence-electron chi connectivity index (χ1n) is 7.37. The summed E-state index contributed by atoms with van der Waals surface area (Å²) in [5.41, 5.74) is 7.30. The van der Waals surface area contributed by atoms with Gasteiger partial charge in [-0.25, -0.2) is 4.98 Å². The lowest BCUT2D eigenvalue weighted by Crippen LogP contribution is -2.40. The van der Waals surface area contributed by atoms with Gasteiger partial charge in [-0.2, -0.15) is 0 Å². The summed E-state index contributed by atoms with van der Waals surface area (Å²) in [6.45, 7) is 10.2. The first-order chi connectivity index (χ1) is 8.93. The Bertz CT molecular complexity index is 369. The zero-order chi connectivity index (χ0) is 14.3. The average Bonchev–Trinajstić information content (AvgIpc) is 2.32. The van der Waals surface area contributed by atoms with E-state index in [1.807, 2.05) is 6.07 Å². The number of nitrogen functional groups attached to an aromatic ring is 1. The van der Waals surface area contributed by atoms with Gasteiger partial charge < -0.3 is 11.1 Å². The van der Waals surface area contributed by atoms with Crippen LogP contribution in [0, 0.1) is 5.41 Å². The molecule has 3 N–H and O–H groups in total. The number of anilines is 1. The summed E-state index contributed by atoms with van der Waals surface area (Å²) < 4.78 is 0. The third kappa shape index (κ3) is 6.06. The summed E-state index contributed by atoms with van der Waals surface area (Å²) >= 11 is 0. The fourth-order valence-electron chi connectivity index (χ4n) is 2.32. The maximum absolute atomic E-state index is 5.70. The maximum atomic E-state index is 5.70. The summed E-state index contributed by atoms with van der Waals surface area (Å²) in [4.78, 5) is 4.03. The average molecular weight is 263 g/mol. The van der Waals surface area contributed by atoms with Crippen LogP contribution in [0.2, 0.25) is 0 Å². The van der Waals surface area contributed by atoms with Crippen molar-refractivity contribution in [2.24, 2.45) is 5.41 Å². The van der Waals surface area contributed by atoms with Gasteiger partial charge in [0.1, 0.15) is 5.82 Å². The first kappa shape index (κ1) is 16.0. The predicted molar refractivity (Wildman–Crippen MR) is 83.1 cm³/mol. The van der Waals surface area contributed by atoms with Crippen molar-refractivity contribution in [1.29, 1.82) is 0 Å². The van der Waals surface area contributed by atoms with Crippen molar-refractivity contribution in [3.8, 4) is 0 Å². The Balaban J connectivity index is 2.43. The van der Waals surface area contributed by atoms with Crippen LogP contribution >= 0.6 is 0 Å². The van der Waals surface area contributed by atoms with Crippen LogP contribution in [0.5, 0.6) is 0 Å². The molecule has 0 aromatic carbocycles. The highest BCUT2D eigenvalue weighted by molar-refractivity contribution is 5.31. The number of pyridine rings is 1. The van der Waals surface area contributed by atoms with Crippen LogP contribution in [0.15, 0.2) is 18.3 Å². The molecule has 1 heterocycles. The van der Waals surface area contributed by atoms with E-state index in [-0.39, 0.29) is 0 Å². The second kappa shape index (κ2) is 7.49. The number of nitrogens with two attached hydrogens (primary N) is 1. The second-order valence-electron chi connectivity index (χ2n) is 6.35. The molecule has 0 radical (unpaired) electrons. The van der Waals surface area contributed by atoms with E-state index in [4.69, 9.17) is 5.73 Å². The molecule has 0 amide bonds. The highest BCUT2D eigenvalue weighted by Gasteiger charge is 2.23. The van der Waals surface area contributed by atoms with E-state index in [1.165, 1.54) is 24.8 Å². The number of aryl methyl sites for hydroxylation is 1. The van der Waals surface area contributed by atoms with Gasteiger partial charge in [-0.1, -0.05) is 27.7 Å². The normalized spacial score (nSPS) is 13.5. The van der Waals surface area contributed by atoms with Gasteiger partial charge in [0.15, 0.2) is 0 Å². The van der Waals surface area contributed by atoms with Crippen LogP contribution in [0.1, 0.15) is 52.5 Å². The van der Waals surface area contributed by atoms with Crippen LogP contribution in [0.25, 0.3) is 0 Å². The molecule has 108 valence electrons. The van der Waals surface area contributed by atoms with Gasteiger partial charge in [-0.05, 0) is 55.3 Å². The molecule has 3 heteroatoms. The van der Waals surface area contributed by atoms with E-state index in [1.54, 1.807) is 6.20 Å². The van der Waals surface area contributed by atoms with Crippen LogP contribution in [0.3, 0.4) is 0 Å². The third-order valence-corrected chi connectivity index (χ3v) is 3.49. The van der Waals surface area contributed by atoms with Crippen molar-refractivity contribution in [3.05, 3.63) is 23.9 Å². The maximum Gasteiger partial charge on any atom is 0.123 e. The Morgan fingerprint density at radius 2 is 2.11 bits per heavy atom. The minimum atomic E-state index is 0.312. The smallest absolute Gasteiger partial charge is 0.123 e. The molecule has 1 atom stereocenters. The Labute approximate surface area is 118 Å². The number of nitrogens with zero attached hydrogens (tertiary/aromatic N) is 1. The van der Waals surface area contributed by atoms with Gasteiger partial charge in [0.2, 0.25) is 0 Å². The zero-order valence-electron chi connectivity index (χ0n) is 12.9.